The Morgan fingerprint density at radius 2 is 2.03 bits per heavy atom. The summed E-state index contributed by atoms with van der Waals surface area (Å²) in [6.45, 7) is 8.10. The van der Waals surface area contributed by atoms with Gasteiger partial charge in [-0.1, -0.05) is 30.7 Å². The van der Waals surface area contributed by atoms with Crippen molar-refractivity contribution in [1.82, 2.24) is 20.1 Å². The van der Waals surface area contributed by atoms with E-state index in [2.05, 4.69) is 61.7 Å². The van der Waals surface area contributed by atoms with Crippen LogP contribution < -0.4 is 5.32 Å². The van der Waals surface area contributed by atoms with Gasteiger partial charge in [0.2, 0.25) is 0 Å². The minimum atomic E-state index is 0. The second-order valence-corrected chi connectivity index (χ2v) is 9.33. The predicted molar refractivity (Wildman–Crippen MR) is 145 cm³/mol. The van der Waals surface area contributed by atoms with Gasteiger partial charge >= 0.3 is 0 Å². The quantitative estimate of drug-likeness (QED) is 0.273. The van der Waals surface area contributed by atoms with Gasteiger partial charge in [-0.2, -0.15) is 0 Å². The molecule has 178 valence electrons. The van der Waals surface area contributed by atoms with Crippen LogP contribution in [0.15, 0.2) is 34.6 Å². The van der Waals surface area contributed by atoms with Crippen LogP contribution in [0.5, 0.6) is 0 Å². The van der Waals surface area contributed by atoms with E-state index in [1.54, 1.807) is 18.4 Å². The number of nitrogens with zero attached hydrogens (tertiary/aromatic N) is 4. The van der Waals surface area contributed by atoms with Gasteiger partial charge in [-0.15, -0.1) is 35.3 Å². The number of thiazole rings is 1. The number of ether oxygens (including phenoxy) is 1. The van der Waals surface area contributed by atoms with E-state index in [4.69, 9.17) is 4.74 Å². The van der Waals surface area contributed by atoms with E-state index in [-0.39, 0.29) is 30.1 Å². The molecule has 2 aromatic rings. The van der Waals surface area contributed by atoms with Gasteiger partial charge in [0.25, 0.3) is 0 Å². The number of aliphatic imine (C=N–C) groups is 1. The molecule has 1 aliphatic rings. The van der Waals surface area contributed by atoms with Crippen LogP contribution in [0.2, 0.25) is 0 Å². The Labute approximate surface area is 214 Å². The Morgan fingerprint density at radius 3 is 2.69 bits per heavy atom. The number of halogens is 1. The summed E-state index contributed by atoms with van der Waals surface area (Å²) in [6, 6.07) is 9.67. The van der Waals surface area contributed by atoms with E-state index in [0.717, 1.165) is 29.8 Å². The van der Waals surface area contributed by atoms with Crippen molar-refractivity contribution >= 4 is 41.3 Å². The fourth-order valence-corrected chi connectivity index (χ4v) is 4.80. The zero-order chi connectivity index (χ0) is 22.2. The number of nitrogens with one attached hydrogen (secondary N) is 1. The molecule has 2 unspecified atom stereocenters. The minimum Gasteiger partial charge on any atom is -0.375 e. The summed E-state index contributed by atoms with van der Waals surface area (Å²) in [5.74, 6) is 0.862. The molecule has 1 aromatic carbocycles. The number of likely N-dealkylation sites (tertiary alicyclic amines) is 1. The highest BCUT2D eigenvalue weighted by molar-refractivity contribution is 14.0. The zero-order valence-electron chi connectivity index (χ0n) is 20.0. The van der Waals surface area contributed by atoms with Crippen LogP contribution in [0.4, 0.5) is 0 Å². The lowest BCUT2D eigenvalue weighted by atomic mass is 10.0. The van der Waals surface area contributed by atoms with Crippen molar-refractivity contribution in [3.8, 4) is 0 Å². The van der Waals surface area contributed by atoms with Gasteiger partial charge in [0.05, 0.1) is 12.2 Å². The normalized spacial score (nSPS) is 18.2. The van der Waals surface area contributed by atoms with Crippen LogP contribution in [-0.2, 0) is 24.4 Å². The second-order valence-electron chi connectivity index (χ2n) is 8.44. The number of methoxy groups -OCH3 is 1. The summed E-state index contributed by atoms with van der Waals surface area (Å²) >= 11 is 1.64. The summed E-state index contributed by atoms with van der Waals surface area (Å²) < 4.78 is 5.36. The van der Waals surface area contributed by atoms with Crippen molar-refractivity contribution in [1.29, 1.82) is 0 Å². The third-order valence-electron chi connectivity index (χ3n) is 6.04. The first-order valence-corrected chi connectivity index (χ1v) is 12.1. The van der Waals surface area contributed by atoms with Crippen molar-refractivity contribution < 1.29 is 4.74 Å². The summed E-state index contributed by atoms with van der Waals surface area (Å²) in [7, 11) is 5.57. The van der Waals surface area contributed by atoms with E-state index in [9.17, 15) is 0 Å². The maximum absolute atomic E-state index is 5.36. The number of guanidine groups is 1. The molecular formula is C24H38IN5OS. The first kappa shape index (κ1) is 27.0. The molecule has 1 aliphatic heterocycles. The molecule has 0 radical (unpaired) electrons. The number of aromatic nitrogens is 1. The van der Waals surface area contributed by atoms with Crippen LogP contribution in [0.25, 0.3) is 0 Å². The maximum Gasteiger partial charge on any atom is 0.194 e. The van der Waals surface area contributed by atoms with Gasteiger partial charge in [-0.3, -0.25) is 9.89 Å². The molecular weight excluding hydrogens is 533 g/mol. The lowest BCUT2D eigenvalue weighted by molar-refractivity contribution is 0.119. The molecule has 8 heteroatoms. The van der Waals surface area contributed by atoms with Crippen LogP contribution in [0.3, 0.4) is 0 Å². The Balaban J connectivity index is 0.00000363. The fraction of sp³-hybridized carbons (Fsp3) is 0.583. The molecule has 6 nitrogen and oxygen atoms in total. The average molecular weight is 572 g/mol. The van der Waals surface area contributed by atoms with Crippen molar-refractivity contribution in [2.45, 2.75) is 64.9 Å². The SMILES string of the molecule is CN=C(NCc1ccc(CN2CCCCC2C)cc1)N(C)Cc1csc(C(C)OC)n1.I. The van der Waals surface area contributed by atoms with Crippen molar-refractivity contribution in [3.05, 3.63) is 51.5 Å². The molecule has 0 spiro atoms. The van der Waals surface area contributed by atoms with Gasteiger partial charge in [0.1, 0.15) is 11.1 Å². The van der Waals surface area contributed by atoms with Crippen LogP contribution >= 0.6 is 35.3 Å². The molecule has 0 amide bonds. The largest absolute Gasteiger partial charge is 0.375 e. The van der Waals surface area contributed by atoms with Crippen molar-refractivity contribution in [3.63, 3.8) is 0 Å². The Kier molecular flexibility index (Phi) is 11.4. The summed E-state index contributed by atoms with van der Waals surface area (Å²) in [4.78, 5) is 13.8. The van der Waals surface area contributed by atoms with Crippen LogP contribution in [0.1, 0.15) is 61.0 Å². The van der Waals surface area contributed by atoms with E-state index in [1.807, 2.05) is 21.0 Å². The third-order valence-corrected chi connectivity index (χ3v) is 7.10. The first-order valence-electron chi connectivity index (χ1n) is 11.2. The van der Waals surface area contributed by atoms with Crippen LogP contribution in [-0.4, -0.2) is 54.5 Å². The molecule has 0 saturated carbocycles. The van der Waals surface area contributed by atoms with Crippen LogP contribution in [0, 0.1) is 0 Å². The topological polar surface area (TPSA) is 53.0 Å². The molecule has 2 atom stereocenters. The van der Waals surface area contributed by atoms with Gasteiger partial charge in [-0.25, -0.2) is 4.98 Å². The number of hydrogen-bond donors (Lipinski definition) is 1. The molecule has 0 bridgehead atoms. The molecule has 3 rings (SSSR count). The molecule has 32 heavy (non-hydrogen) atoms. The second kappa shape index (κ2) is 13.5. The number of piperidine rings is 1. The highest BCUT2D eigenvalue weighted by Crippen LogP contribution is 2.21. The number of hydrogen-bond acceptors (Lipinski definition) is 5. The lowest BCUT2D eigenvalue weighted by Crippen LogP contribution is -2.38. The number of benzene rings is 1. The van der Waals surface area contributed by atoms with E-state index in [0.29, 0.717) is 12.6 Å². The predicted octanol–water partition coefficient (Wildman–Crippen LogP) is 5.05. The Hall–Kier alpha value is -1.23. The summed E-state index contributed by atoms with van der Waals surface area (Å²) in [6.07, 6.45) is 4.05. The summed E-state index contributed by atoms with van der Waals surface area (Å²) in [5, 5.41) is 6.57. The Morgan fingerprint density at radius 1 is 1.31 bits per heavy atom. The lowest BCUT2D eigenvalue weighted by Gasteiger charge is -2.33. The molecule has 1 saturated heterocycles. The highest BCUT2D eigenvalue weighted by atomic mass is 127. The average Bonchev–Trinajstić information content (AvgIpc) is 3.24. The van der Waals surface area contributed by atoms with Gasteiger partial charge < -0.3 is 15.0 Å². The first-order chi connectivity index (χ1) is 15.0. The van der Waals surface area contributed by atoms with Crippen molar-refractivity contribution in [2.24, 2.45) is 4.99 Å². The maximum atomic E-state index is 5.36. The fourth-order valence-electron chi connectivity index (χ4n) is 3.96. The molecule has 0 aliphatic carbocycles. The van der Waals surface area contributed by atoms with Gasteiger partial charge in [-0.05, 0) is 44.4 Å². The van der Waals surface area contributed by atoms with Gasteiger partial charge in [0, 0.05) is 45.7 Å². The molecule has 1 N–H and O–H groups in total. The van der Waals surface area contributed by atoms with E-state index >= 15 is 0 Å². The highest BCUT2D eigenvalue weighted by Gasteiger charge is 2.18. The minimum absolute atomic E-state index is 0. The monoisotopic (exact) mass is 571 g/mol. The van der Waals surface area contributed by atoms with Crippen molar-refractivity contribution in [2.75, 3.05) is 27.7 Å². The zero-order valence-corrected chi connectivity index (χ0v) is 23.2. The van der Waals surface area contributed by atoms with E-state index < -0.39 is 0 Å². The molecule has 2 heterocycles. The third kappa shape index (κ3) is 7.67. The summed E-state index contributed by atoms with van der Waals surface area (Å²) in [5.41, 5.74) is 3.68. The molecule has 1 aromatic heterocycles. The van der Waals surface area contributed by atoms with E-state index in [1.165, 1.54) is 36.9 Å². The smallest absolute Gasteiger partial charge is 0.194 e. The molecule has 1 fully saturated rings. The number of rotatable bonds is 8. The standard InChI is InChI=1S/C24H37N5OS.HI/c1-18-8-6-7-13-29(18)15-21-11-9-20(10-12-21)14-26-24(25-3)28(4)16-22-17-31-23(27-22)19(2)30-5;/h9-12,17-19H,6-8,13-16H2,1-5H3,(H,25,26);1H. The van der Waals surface area contributed by atoms with Gasteiger partial charge in [0.15, 0.2) is 5.96 Å². The Bertz CT molecular complexity index is 841.